The first-order valence-corrected chi connectivity index (χ1v) is 7.35. The second kappa shape index (κ2) is 11.3. The van der Waals surface area contributed by atoms with Gasteiger partial charge >= 0.3 is 0 Å². The number of hydrogen-bond acceptors (Lipinski definition) is 4. The molecule has 0 aliphatic rings. The average Bonchev–Trinajstić information content (AvgIpc) is 2.71. The number of guanidine groups is 1. The van der Waals surface area contributed by atoms with Crippen molar-refractivity contribution in [3.8, 4) is 0 Å². The first-order valence-electron chi connectivity index (χ1n) is 6.53. The van der Waals surface area contributed by atoms with Crippen molar-refractivity contribution in [3.05, 3.63) is 15.6 Å². The van der Waals surface area contributed by atoms with Crippen LogP contribution >= 0.6 is 35.3 Å². The number of rotatable bonds is 7. The van der Waals surface area contributed by atoms with Crippen molar-refractivity contribution in [2.24, 2.45) is 4.99 Å². The molecule has 0 spiro atoms. The van der Waals surface area contributed by atoms with Crippen LogP contribution in [0.3, 0.4) is 0 Å². The Morgan fingerprint density at radius 2 is 2.00 bits per heavy atom. The van der Waals surface area contributed by atoms with Crippen LogP contribution in [0, 0.1) is 13.8 Å². The standard InChI is InChI=1S/C13H24N4OS.HI/c1-10-11(2)19-12(17-10)6-8-16-13(14-3)15-7-5-9-18-4;/h5-9H2,1-4H3,(H2,14,15,16);1H. The van der Waals surface area contributed by atoms with Gasteiger partial charge in [-0.1, -0.05) is 0 Å². The lowest BCUT2D eigenvalue weighted by atomic mass is 10.4. The normalized spacial score (nSPS) is 11.1. The molecule has 0 aliphatic heterocycles. The Kier molecular flexibility index (Phi) is 11.0. The zero-order chi connectivity index (χ0) is 14.1. The molecule has 0 atom stereocenters. The van der Waals surface area contributed by atoms with E-state index in [0.717, 1.165) is 44.2 Å². The maximum atomic E-state index is 5.00. The fourth-order valence-corrected chi connectivity index (χ4v) is 2.51. The summed E-state index contributed by atoms with van der Waals surface area (Å²) in [5.74, 6) is 0.834. The summed E-state index contributed by atoms with van der Waals surface area (Å²) >= 11 is 1.77. The summed E-state index contributed by atoms with van der Waals surface area (Å²) in [5, 5.41) is 7.72. The number of aryl methyl sites for hydroxylation is 2. The lowest BCUT2D eigenvalue weighted by Gasteiger charge is -2.10. The first kappa shape index (κ1) is 19.6. The van der Waals surface area contributed by atoms with Crippen LogP contribution in [0.25, 0.3) is 0 Å². The molecule has 116 valence electrons. The van der Waals surface area contributed by atoms with Gasteiger partial charge in [0.15, 0.2) is 5.96 Å². The van der Waals surface area contributed by atoms with Crippen molar-refractivity contribution >= 4 is 41.3 Å². The molecule has 20 heavy (non-hydrogen) atoms. The quantitative estimate of drug-likeness (QED) is 0.312. The van der Waals surface area contributed by atoms with Crippen LogP contribution in [0.5, 0.6) is 0 Å². The van der Waals surface area contributed by atoms with Crippen molar-refractivity contribution in [3.63, 3.8) is 0 Å². The first-order chi connectivity index (χ1) is 9.17. The number of nitrogens with one attached hydrogen (secondary N) is 2. The van der Waals surface area contributed by atoms with Gasteiger partial charge in [0.1, 0.15) is 0 Å². The molecule has 0 fully saturated rings. The van der Waals surface area contributed by atoms with E-state index in [1.165, 1.54) is 9.88 Å². The van der Waals surface area contributed by atoms with Crippen molar-refractivity contribution in [2.45, 2.75) is 26.7 Å². The van der Waals surface area contributed by atoms with Gasteiger partial charge in [-0.2, -0.15) is 0 Å². The van der Waals surface area contributed by atoms with Gasteiger partial charge in [0.2, 0.25) is 0 Å². The second-order valence-electron chi connectivity index (χ2n) is 4.27. The molecule has 1 rings (SSSR count). The fourth-order valence-electron chi connectivity index (χ4n) is 1.58. The van der Waals surface area contributed by atoms with Crippen molar-refractivity contribution in [1.82, 2.24) is 15.6 Å². The second-order valence-corrected chi connectivity index (χ2v) is 5.56. The number of aromatic nitrogens is 1. The van der Waals surface area contributed by atoms with Crippen LogP contribution in [0.1, 0.15) is 22.0 Å². The van der Waals surface area contributed by atoms with Crippen LogP contribution in [0.2, 0.25) is 0 Å². The van der Waals surface area contributed by atoms with Crippen LogP contribution in [-0.4, -0.2) is 44.8 Å². The summed E-state index contributed by atoms with van der Waals surface area (Å²) in [5.41, 5.74) is 1.14. The Morgan fingerprint density at radius 1 is 1.30 bits per heavy atom. The molecule has 0 bridgehead atoms. The zero-order valence-corrected chi connectivity index (χ0v) is 15.8. The van der Waals surface area contributed by atoms with Gasteiger partial charge in [-0.3, -0.25) is 4.99 Å². The van der Waals surface area contributed by atoms with Crippen molar-refractivity contribution < 1.29 is 4.74 Å². The highest BCUT2D eigenvalue weighted by Crippen LogP contribution is 2.16. The van der Waals surface area contributed by atoms with E-state index in [1.807, 2.05) is 0 Å². The van der Waals surface area contributed by atoms with E-state index in [4.69, 9.17) is 4.74 Å². The summed E-state index contributed by atoms with van der Waals surface area (Å²) in [6.07, 6.45) is 1.90. The van der Waals surface area contributed by atoms with Gasteiger partial charge in [0.25, 0.3) is 0 Å². The highest BCUT2D eigenvalue weighted by Gasteiger charge is 2.03. The molecule has 1 aromatic rings. The molecule has 0 saturated carbocycles. The minimum Gasteiger partial charge on any atom is -0.385 e. The molecule has 0 aliphatic carbocycles. The largest absolute Gasteiger partial charge is 0.385 e. The Labute approximate surface area is 142 Å². The van der Waals surface area contributed by atoms with E-state index in [1.54, 1.807) is 25.5 Å². The van der Waals surface area contributed by atoms with Crippen molar-refractivity contribution in [1.29, 1.82) is 0 Å². The third kappa shape index (κ3) is 7.39. The molecule has 0 saturated heterocycles. The highest BCUT2D eigenvalue weighted by atomic mass is 127. The SMILES string of the molecule is CN=C(NCCCOC)NCCc1nc(C)c(C)s1.I. The summed E-state index contributed by atoms with van der Waals surface area (Å²) in [4.78, 5) is 10.0. The number of halogens is 1. The molecule has 7 heteroatoms. The molecule has 0 unspecified atom stereocenters. The maximum Gasteiger partial charge on any atom is 0.190 e. The summed E-state index contributed by atoms with van der Waals surface area (Å²) in [6.45, 7) is 6.64. The molecule has 2 N–H and O–H groups in total. The molecule has 0 aromatic carbocycles. The topological polar surface area (TPSA) is 58.5 Å². The van der Waals surface area contributed by atoms with E-state index in [9.17, 15) is 0 Å². The Hall–Kier alpha value is -0.410. The van der Waals surface area contributed by atoms with E-state index in [-0.39, 0.29) is 24.0 Å². The molecule has 1 heterocycles. The van der Waals surface area contributed by atoms with Gasteiger partial charge in [-0.15, -0.1) is 35.3 Å². The fraction of sp³-hybridized carbons (Fsp3) is 0.692. The smallest absolute Gasteiger partial charge is 0.190 e. The van der Waals surface area contributed by atoms with E-state index in [0.29, 0.717) is 0 Å². The maximum absolute atomic E-state index is 5.00. The Bertz CT molecular complexity index is 390. The molecule has 0 amide bonds. The number of aliphatic imine (C=N–C) groups is 1. The predicted octanol–water partition coefficient (Wildman–Crippen LogP) is 2.12. The van der Waals surface area contributed by atoms with Crippen molar-refractivity contribution in [2.75, 3.05) is 33.9 Å². The van der Waals surface area contributed by atoms with Crippen LogP contribution in [0.15, 0.2) is 4.99 Å². The molecular weight excluding hydrogens is 387 g/mol. The summed E-state index contributed by atoms with van der Waals surface area (Å²) in [6, 6.07) is 0. The number of ether oxygens (including phenoxy) is 1. The Balaban J connectivity index is 0.00000361. The van der Waals surface area contributed by atoms with Crippen LogP contribution in [0.4, 0.5) is 0 Å². The predicted molar refractivity (Wildman–Crippen MR) is 96.6 cm³/mol. The zero-order valence-electron chi connectivity index (χ0n) is 12.7. The average molecular weight is 412 g/mol. The number of nitrogens with zero attached hydrogens (tertiary/aromatic N) is 2. The van der Waals surface area contributed by atoms with E-state index < -0.39 is 0 Å². The Morgan fingerprint density at radius 3 is 2.55 bits per heavy atom. The summed E-state index contributed by atoms with van der Waals surface area (Å²) < 4.78 is 5.00. The lowest BCUT2D eigenvalue weighted by molar-refractivity contribution is 0.195. The van der Waals surface area contributed by atoms with Crippen LogP contribution < -0.4 is 10.6 Å². The van der Waals surface area contributed by atoms with Gasteiger partial charge in [0.05, 0.1) is 10.7 Å². The van der Waals surface area contributed by atoms with Gasteiger partial charge in [-0.05, 0) is 20.3 Å². The lowest BCUT2D eigenvalue weighted by Crippen LogP contribution is -2.38. The van der Waals surface area contributed by atoms with Crippen LogP contribution in [-0.2, 0) is 11.2 Å². The van der Waals surface area contributed by atoms with Gasteiger partial charge in [0, 0.05) is 45.2 Å². The third-order valence-electron chi connectivity index (χ3n) is 2.75. The monoisotopic (exact) mass is 412 g/mol. The molecule has 1 aromatic heterocycles. The summed E-state index contributed by atoms with van der Waals surface area (Å²) in [7, 11) is 3.49. The van der Waals surface area contributed by atoms with E-state index >= 15 is 0 Å². The van der Waals surface area contributed by atoms with Gasteiger partial charge in [-0.25, -0.2) is 4.98 Å². The van der Waals surface area contributed by atoms with Gasteiger partial charge < -0.3 is 15.4 Å². The highest BCUT2D eigenvalue weighted by molar-refractivity contribution is 14.0. The minimum atomic E-state index is 0. The number of thiazole rings is 1. The third-order valence-corrected chi connectivity index (χ3v) is 3.88. The number of hydrogen-bond donors (Lipinski definition) is 2. The molecule has 0 radical (unpaired) electrons. The molecule has 5 nitrogen and oxygen atoms in total. The van der Waals surface area contributed by atoms with E-state index in [2.05, 4.69) is 34.5 Å². The molecular formula is C13H25IN4OS. The minimum absolute atomic E-state index is 0. The number of methoxy groups -OCH3 is 1.